The van der Waals surface area contributed by atoms with Crippen molar-refractivity contribution < 1.29 is 9.18 Å². The van der Waals surface area contributed by atoms with E-state index < -0.39 is 0 Å². The molecule has 4 nitrogen and oxygen atoms in total. The first kappa shape index (κ1) is 11.8. The lowest BCUT2D eigenvalue weighted by Crippen LogP contribution is -2.08. The summed E-state index contributed by atoms with van der Waals surface area (Å²) < 4.78 is 14.1. The maximum Gasteiger partial charge on any atom is 0.192 e. The van der Waals surface area contributed by atoms with Gasteiger partial charge in [0, 0.05) is 11.9 Å². The average molecular weight is 251 g/mol. The quantitative estimate of drug-likeness (QED) is 0.615. The summed E-state index contributed by atoms with van der Waals surface area (Å²) in [7, 11) is 1.67. The van der Waals surface area contributed by atoms with Crippen molar-refractivity contribution in [3.05, 3.63) is 42.0 Å². The second kappa shape index (κ2) is 5.09. The molecule has 0 spiro atoms. The van der Waals surface area contributed by atoms with Gasteiger partial charge in [-0.15, -0.1) is 16.9 Å². The predicted octanol–water partition coefficient (Wildman–Crippen LogP) is 1.93. The van der Waals surface area contributed by atoms with Crippen molar-refractivity contribution in [1.82, 2.24) is 15.0 Å². The van der Waals surface area contributed by atoms with Gasteiger partial charge in [-0.2, -0.15) is 0 Å². The van der Waals surface area contributed by atoms with E-state index in [1.54, 1.807) is 19.2 Å². The molecule has 17 heavy (non-hydrogen) atoms. The zero-order valence-corrected chi connectivity index (χ0v) is 9.95. The molecule has 0 unspecified atom stereocenters. The Morgan fingerprint density at radius 2 is 2.12 bits per heavy atom. The van der Waals surface area contributed by atoms with E-state index in [1.807, 2.05) is 0 Å². The summed E-state index contributed by atoms with van der Waals surface area (Å²) in [4.78, 5) is 12.6. The largest absolute Gasteiger partial charge is 0.291 e. The fraction of sp³-hybridized carbons (Fsp3) is 0.182. The summed E-state index contributed by atoms with van der Waals surface area (Å²) in [6.45, 7) is 0. The molecule has 1 aromatic carbocycles. The Kier molecular flexibility index (Phi) is 3.53. The Morgan fingerprint density at radius 1 is 1.41 bits per heavy atom. The smallest absolute Gasteiger partial charge is 0.192 e. The number of carbonyl (C=O) groups excluding carboxylic acids is 1. The SMILES string of the molecule is Cn1nncc1C(=O)CSc1ccc(F)cc1. The number of carbonyl (C=O) groups is 1. The number of rotatable bonds is 4. The number of benzene rings is 1. The van der Waals surface area contributed by atoms with Crippen molar-refractivity contribution in [1.29, 1.82) is 0 Å². The fourth-order valence-corrected chi connectivity index (χ4v) is 2.07. The minimum Gasteiger partial charge on any atom is -0.291 e. The van der Waals surface area contributed by atoms with Gasteiger partial charge in [0.1, 0.15) is 11.5 Å². The molecule has 0 radical (unpaired) electrons. The molecule has 88 valence electrons. The molecule has 0 atom stereocenters. The van der Waals surface area contributed by atoms with E-state index in [9.17, 15) is 9.18 Å². The highest BCUT2D eigenvalue weighted by molar-refractivity contribution is 8.00. The fourth-order valence-electron chi connectivity index (χ4n) is 1.30. The molecular weight excluding hydrogens is 241 g/mol. The number of ketones is 1. The second-order valence-electron chi connectivity index (χ2n) is 3.41. The molecule has 1 aromatic heterocycles. The van der Waals surface area contributed by atoms with Crippen LogP contribution in [0.1, 0.15) is 10.5 Å². The number of Topliss-reactive ketones (excluding diaryl/α,β-unsaturated/α-hetero) is 1. The van der Waals surface area contributed by atoms with E-state index in [-0.39, 0.29) is 17.4 Å². The van der Waals surface area contributed by atoms with Crippen LogP contribution in [-0.2, 0) is 7.05 Å². The molecule has 0 fully saturated rings. The Bertz CT molecular complexity index is 524. The predicted molar refractivity (Wildman–Crippen MR) is 62.5 cm³/mol. The molecule has 0 aliphatic rings. The van der Waals surface area contributed by atoms with Crippen LogP contribution in [0.4, 0.5) is 4.39 Å². The van der Waals surface area contributed by atoms with Crippen LogP contribution in [-0.4, -0.2) is 26.5 Å². The number of thioether (sulfide) groups is 1. The number of nitrogens with zero attached hydrogens (tertiary/aromatic N) is 3. The van der Waals surface area contributed by atoms with Crippen LogP contribution in [0.15, 0.2) is 35.4 Å². The van der Waals surface area contributed by atoms with Crippen molar-refractivity contribution in [2.45, 2.75) is 4.90 Å². The van der Waals surface area contributed by atoms with Crippen molar-refractivity contribution in [3.63, 3.8) is 0 Å². The summed E-state index contributed by atoms with van der Waals surface area (Å²) in [6.07, 6.45) is 1.44. The van der Waals surface area contributed by atoms with Crippen LogP contribution in [0, 0.1) is 5.82 Å². The highest BCUT2D eigenvalue weighted by Gasteiger charge is 2.11. The molecule has 0 aliphatic heterocycles. The van der Waals surface area contributed by atoms with Gasteiger partial charge in [-0.25, -0.2) is 9.07 Å². The van der Waals surface area contributed by atoms with Gasteiger partial charge in [0.15, 0.2) is 5.78 Å². The molecule has 0 N–H and O–H groups in total. The van der Waals surface area contributed by atoms with Crippen LogP contribution in [0.25, 0.3) is 0 Å². The second-order valence-corrected chi connectivity index (χ2v) is 4.46. The summed E-state index contributed by atoms with van der Waals surface area (Å²) in [6, 6.07) is 6.04. The third kappa shape index (κ3) is 2.91. The Hall–Kier alpha value is -1.69. The molecule has 0 amide bonds. The molecule has 6 heteroatoms. The molecule has 0 bridgehead atoms. The maximum absolute atomic E-state index is 12.7. The Morgan fingerprint density at radius 3 is 2.71 bits per heavy atom. The molecule has 0 aliphatic carbocycles. The van der Waals surface area contributed by atoms with Gasteiger partial charge in [0.25, 0.3) is 0 Å². The summed E-state index contributed by atoms with van der Waals surface area (Å²) in [5.41, 5.74) is 0.472. The minimum absolute atomic E-state index is 0.0492. The number of hydrogen-bond donors (Lipinski definition) is 0. The molecule has 2 aromatic rings. The average Bonchev–Trinajstić information content (AvgIpc) is 2.74. The van der Waals surface area contributed by atoms with Gasteiger partial charge in [-0.05, 0) is 24.3 Å². The first-order valence-corrected chi connectivity index (χ1v) is 5.91. The van der Waals surface area contributed by atoms with Gasteiger partial charge in [0.2, 0.25) is 0 Å². The van der Waals surface area contributed by atoms with Crippen LogP contribution >= 0.6 is 11.8 Å². The summed E-state index contributed by atoms with van der Waals surface area (Å²) in [5.74, 6) is -0.0457. The molecule has 0 saturated heterocycles. The van der Waals surface area contributed by atoms with Gasteiger partial charge in [-0.1, -0.05) is 5.21 Å². The summed E-state index contributed by atoms with van der Waals surface area (Å²) in [5, 5.41) is 7.33. The van der Waals surface area contributed by atoms with E-state index in [1.165, 1.54) is 34.8 Å². The van der Waals surface area contributed by atoms with E-state index >= 15 is 0 Å². The third-order valence-corrected chi connectivity index (χ3v) is 3.20. The zero-order chi connectivity index (χ0) is 12.3. The first-order valence-electron chi connectivity index (χ1n) is 4.93. The van der Waals surface area contributed by atoms with Crippen LogP contribution in [0.5, 0.6) is 0 Å². The van der Waals surface area contributed by atoms with E-state index in [2.05, 4.69) is 10.3 Å². The number of halogens is 1. The minimum atomic E-state index is -0.281. The normalized spacial score (nSPS) is 10.5. The first-order chi connectivity index (χ1) is 8.16. The lowest BCUT2D eigenvalue weighted by molar-refractivity contribution is 0.101. The van der Waals surface area contributed by atoms with E-state index in [0.717, 1.165) is 4.90 Å². The monoisotopic (exact) mass is 251 g/mol. The van der Waals surface area contributed by atoms with Gasteiger partial charge in [-0.3, -0.25) is 4.79 Å². The Balaban J connectivity index is 1.97. The Labute approximate surface area is 102 Å². The summed E-state index contributed by atoms with van der Waals surface area (Å²) >= 11 is 1.36. The van der Waals surface area contributed by atoms with Crippen LogP contribution in [0.3, 0.4) is 0 Å². The van der Waals surface area contributed by atoms with Crippen molar-refractivity contribution in [2.24, 2.45) is 7.05 Å². The van der Waals surface area contributed by atoms with Crippen molar-refractivity contribution in [2.75, 3.05) is 5.75 Å². The zero-order valence-electron chi connectivity index (χ0n) is 9.13. The molecule has 1 heterocycles. The lowest BCUT2D eigenvalue weighted by atomic mass is 10.3. The van der Waals surface area contributed by atoms with E-state index in [4.69, 9.17) is 0 Å². The maximum atomic E-state index is 12.7. The van der Waals surface area contributed by atoms with Crippen LogP contribution < -0.4 is 0 Å². The van der Waals surface area contributed by atoms with Crippen molar-refractivity contribution >= 4 is 17.5 Å². The van der Waals surface area contributed by atoms with Crippen LogP contribution in [0.2, 0.25) is 0 Å². The highest BCUT2D eigenvalue weighted by Crippen LogP contribution is 2.19. The number of hydrogen-bond acceptors (Lipinski definition) is 4. The molecule has 0 saturated carbocycles. The lowest BCUT2D eigenvalue weighted by Gasteiger charge is -2.01. The van der Waals surface area contributed by atoms with E-state index in [0.29, 0.717) is 5.69 Å². The van der Waals surface area contributed by atoms with Gasteiger partial charge >= 0.3 is 0 Å². The number of aryl methyl sites for hydroxylation is 1. The standard InChI is InChI=1S/C11H10FN3OS/c1-15-10(6-13-14-15)11(16)7-17-9-4-2-8(12)3-5-9/h2-6H,7H2,1H3. The molecular formula is C11H10FN3OS. The van der Waals surface area contributed by atoms with Crippen molar-refractivity contribution in [3.8, 4) is 0 Å². The topological polar surface area (TPSA) is 47.8 Å². The molecule has 2 rings (SSSR count). The van der Waals surface area contributed by atoms with Gasteiger partial charge in [0.05, 0.1) is 11.9 Å². The third-order valence-electron chi connectivity index (χ3n) is 2.18. The number of aromatic nitrogens is 3. The van der Waals surface area contributed by atoms with Gasteiger partial charge < -0.3 is 0 Å². The highest BCUT2D eigenvalue weighted by atomic mass is 32.2.